The van der Waals surface area contributed by atoms with E-state index in [0.717, 1.165) is 22.2 Å². The van der Waals surface area contributed by atoms with E-state index in [1.54, 1.807) is 0 Å². The molecule has 0 aliphatic rings. The average molecular weight is 429 g/mol. The lowest BCUT2D eigenvalue weighted by Crippen LogP contribution is -2.31. The molecule has 4 nitrogen and oxygen atoms in total. The normalized spacial score (nSPS) is 13.6. The molecule has 5 heteroatoms. The predicted octanol–water partition coefficient (Wildman–Crippen LogP) is 5.18. The van der Waals surface area contributed by atoms with Crippen LogP contribution in [0.25, 0.3) is 11.0 Å². The van der Waals surface area contributed by atoms with Gasteiger partial charge in [-0.2, -0.15) is 0 Å². The second-order valence-electron chi connectivity index (χ2n) is 7.74. The zero-order valence-electron chi connectivity index (χ0n) is 17.6. The number of H-pyrrole nitrogens is 1. The number of aromatic amines is 1. The molecule has 3 aromatic carbocycles. The van der Waals surface area contributed by atoms with Crippen LogP contribution in [0.15, 0.2) is 89.7 Å². The lowest BCUT2D eigenvalue weighted by molar-refractivity contribution is 0.0748. The number of rotatable bonds is 8. The van der Waals surface area contributed by atoms with E-state index in [1.807, 2.05) is 72.8 Å². The van der Waals surface area contributed by atoms with Gasteiger partial charge >= 0.3 is 0 Å². The van der Waals surface area contributed by atoms with Gasteiger partial charge in [-0.15, -0.1) is 0 Å². The Morgan fingerprint density at radius 1 is 0.968 bits per heavy atom. The first-order valence-corrected chi connectivity index (χ1v) is 12.5. The summed E-state index contributed by atoms with van der Waals surface area (Å²) in [5.41, 5.74) is 3.99. The number of ether oxygens (including phenoxy) is 1. The molecule has 4 rings (SSSR count). The van der Waals surface area contributed by atoms with Gasteiger partial charge in [-0.05, 0) is 29.7 Å². The number of hydrogen-bond donors (Lipinski definition) is 1. The van der Waals surface area contributed by atoms with E-state index in [9.17, 15) is 4.79 Å². The fraction of sp³-hybridized carbons (Fsp3) is 0.192. The van der Waals surface area contributed by atoms with Crippen molar-refractivity contribution in [3.63, 3.8) is 0 Å². The third-order valence-corrected chi connectivity index (χ3v) is 5.83. The zero-order valence-corrected chi connectivity index (χ0v) is 18.5. The van der Waals surface area contributed by atoms with Crippen LogP contribution in [0.1, 0.15) is 22.7 Å². The molecule has 4 aromatic rings. The topological polar surface area (TPSA) is 55.0 Å². The van der Waals surface area contributed by atoms with Crippen LogP contribution in [0, 0.1) is 0 Å². The van der Waals surface area contributed by atoms with Crippen molar-refractivity contribution in [2.45, 2.75) is 18.4 Å². The van der Waals surface area contributed by atoms with Crippen molar-refractivity contribution in [1.29, 1.82) is 0 Å². The molecule has 0 saturated carbocycles. The van der Waals surface area contributed by atoms with E-state index in [-0.39, 0.29) is 17.6 Å². The van der Waals surface area contributed by atoms with Gasteiger partial charge in [0.05, 0.1) is 36.0 Å². The standard InChI is InChI=1S/C26H25N2O2P/c1-31(2)18-30-23(17-19-11-5-3-6-12-19)24(20-13-7-4-8-14-20)25-26(29)28-22-16-10-9-15-21(22)27-25/h3-16,23-24H,1,17-18H2,2H3/p+1. The van der Waals surface area contributed by atoms with Crippen LogP contribution in [0.3, 0.4) is 0 Å². The van der Waals surface area contributed by atoms with Gasteiger partial charge in [-0.3, -0.25) is 4.79 Å². The van der Waals surface area contributed by atoms with E-state index < -0.39 is 7.55 Å². The summed E-state index contributed by atoms with van der Waals surface area (Å²) in [7, 11) is -0.485. The van der Waals surface area contributed by atoms with Crippen molar-refractivity contribution in [1.82, 2.24) is 9.97 Å². The van der Waals surface area contributed by atoms with Gasteiger partial charge in [0.25, 0.3) is 5.56 Å². The van der Waals surface area contributed by atoms with Crippen molar-refractivity contribution in [3.8, 4) is 0 Å². The largest absolute Gasteiger partial charge is 0.335 e. The average Bonchev–Trinajstić information content (AvgIpc) is 2.79. The molecule has 0 fully saturated rings. The van der Waals surface area contributed by atoms with Gasteiger partial charge < -0.3 is 9.72 Å². The van der Waals surface area contributed by atoms with Crippen LogP contribution in [0.4, 0.5) is 0 Å². The van der Waals surface area contributed by atoms with Crippen molar-refractivity contribution in [2.75, 3.05) is 13.0 Å². The fourth-order valence-corrected chi connectivity index (χ4v) is 4.25. The minimum Gasteiger partial charge on any atom is -0.335 e. The van der Waals surface area contributed by atoms with Crippen molar-refractivity contribution < 1.29 is 4.74 Å². The van der Waals surface area contributed by atoms with Crippen LogP contribution in [-0.4, -0.2) is 35.4 Å². The Morgan fingerprint density at radius 2 is 1.61 bits per heavy atom. The van der Waals surface area contributed by atoms with Gasteiger partial charge in [0.1, 0.15) is 13.2 Å². The summed E-state index contributed by atoms with van der Waals surface area (Å²) in [4.78, 5) is 21.0. The molecule has 0 amide bonds. The molecule has 3 unspecified atom stereocenters. The van der Waals surface area contributed by atoms with Crippen molar-refractivity contribution >= 4 is 24.9 Å². The molecule has 0 spiro atoms. The van der Waals surface area contributed by atoms with E-state index in [4.69, 9.17) is 9.72 Å². The molecule has 31 heavy (non-hydrogen) atoms. The second kappa shape index (κ2) is 9.82. The number of aromatic nitrogens is 2. The first kappa shape index (κ1) is 21.2. The number of benzene rings is 3. The minimum atomic E-state index is -0.485. The number of fused-ring (bicyclic) bond motifs is 1. The Balaban J connectivity index is 1.85. The highest BCUT2D eigenvalue weighted by Crippen LogP contribution is 2.31. The zero-order chi connectivity index (χ0) is 21.6. The molecule has 1 N–H and O–H groups in total. The van der Waals surface area contributed by atoms with Crippen LogP contribution < -0.4 is 5.56 Å². The van der Waals surface area contributed by atoms with E-state index in [0.29, 0.717) is 18.5 Å². The fourth-order valence-electron chi connectivity index (χ4n) is 3.81. The first-order chi connectivity index (χ1) is 15.1. The number of hydrogen-bond acceptors (Lipinski definition) is 3. The number of nitrogens with one attached hydrogen (secondary N) is 1. The van der Waals surface area contributed by atoms with Crippen LogP contribution >= 0.6 is 7.55 Å². The summed E-state index contributed by atoms with van der Waals surface area (Å²) in [5, 5.41) is 0. The molecule has 1 aromatic heterocycles. The molecule has 0 aliphatic carbocycles. The summed E-state index contributed by atoms with van der Waals surface area (Å²) in [6.07, 6.45) is 5.14. The van der Waals surface area contributed by atoms with Crippen LogP contribution in [0.2, 0.25) is 0 Å². The molecule has 1 heterocycles. The lowest BCUT2D eigenvalue weighted by atomic mass is 9.87. The van der Waals surface area contributed by atoms with Crippen LogP contribution in [0.5, 0.6) is 0 Å². The van der Waals surface area contributed by atoms with Crippen molar-refractivity contribution in [2.24, 2.45) is 0 Å². The molecule has 3 atom stereocenters. The third kappa shape index (κ3) is 5.16. The minimum absolute atomic E-state index is 0.178. The molecule has 0 saturated heterocycles. The highest BCUT2D eigenvalue weighted by Gasteiger charge is 2.31. The monoisotopic (exact) mass is 429 g/mol. The first-order valence-electron chi connectivity index (χ1n) is 10.3. The Hall–Kier alpha value is -3.07. The summed E-state index contributed by atoms with van der Waals surface area (Å²) < 4.78 is 6.42. The maximum absolute atomic E-state index is 13.2. The van der Waals surface area contributed by atoms with E-state index >= 15 is 0 Å². The summed E-state index contributed by atoms with van der Waals surface area (Å²) in [5.74, 6) is -0.301. The smallest absolute Gasteiger partial charge is 0.270 e. The maximum Gasteiger partial charge on any atom is 0.270 e. The summed E-state index contributed by atoms with van der Waals surface area (Å²) in [6, 6.07) is 27.9. The highest BCUT2D eigenvalue weighted by molar-refractivity contribution is 7.54. The maximum atomic E-state index is 13.2. The highest BCUT2D eigenvalue weighted by atomic mass is 31.1. The van der Waals surface area contributed by atoms with E-state index in [1.165, 1.54) is 0 Å². The quantitative estimate of drug-likeness (QED) is 0.393. The molecule has 0 aliphatic heterocycles. The molecule has 156 valence electrons. The van der Waals surface area contributed by atoms with Gasteiger partial charge in [-0.1, -0.05) is 72.8 Å². The number of nitrogens with zero attached hydrogens (tertiary/aromatic N) is 1. The number of para-hydroxylation sites is 2. The molecule has 0 bridgehead atoms. The lowest BCUT2D eigenvalue weighted by Gasteiger charge is -2.26. The van der Waals surface area contributed by atoms with Crippen molar-refractivity contribution in [3.05, 3.63) is 112 Å². The van der Waals surface area contributed by atoms with E-state index in [2.05, 4.69) is 30.1 Å². The summed E-state index contributed by atoms with van der Waals surface area (Å²) >= 11 is 0. The van der Waals surface area contributed by atoms with Gasteiger partial charge in [0, 0.05) is 0 Å². The molecule has 0 radical (unpaired) electrons. The van der Waals surface area contributed by atoms with Gasteiger partial charge in [-0.25, -0.2) is 4.98 Å². The SMILES string of the molecule is C=[P+](C)COC(Cc1ccccc1)C(c1ccccc1)c1nc2ccccc2[nH]c1=O. The van der Waals surface area contributed by atoms with Gasteiger partial charge in [0.15, 0.2) is 0 Å². The van der Waals surface area contributed by atoms with Gasteiger partial charge in [0.2, 0.25) is 6.35 Å². The second-order valence-corrected chi connectivity index (χ2v) is 9.71. The van der Waals surface area contributed by atoms with Crippen LogP contribution in [-0.2, 0) is 11.2 Å². The third-order valence-electron chi connectivity index (χ3n) is 5.24. The Morgan fingerprint density at radius 3 is 2.32 bits per heavy atom. The Bertz CT molecular complexity index is 1220. The molecular weight excluding hydrogens is 403 g/mol. The molecular formula is C26H26N2O2P+. The summed E-state index contributed by atoms with van der Waals surface area (Å²) in [6.45, 7) is 2.09. The Kier molecular flexibility index (Phi) is 6.71. The Labute approximate surface area is 183 Å². The predicted molar refractivity (Wildman–Crippen MR) is 130 cm³/mol.